The highest BCUT2D eigenvalue weighted by atomic mass is 79.9. The number of ether oxygens (including phenoxy) is 1. The fourth-order valence-electron chi connectivity index (χ4n) is 1.89. The van der Waals surface area contributed by atoms with Crippen LogP contribution in [0.5, 0.6) is 5.75 Å². The molecule has 2 aromatic rings. The first-order valence-electron chi connectivity index (χ1n) is 6.21. The number of aromatic nitrogens is 2. The van der Waals surface area contributed by atoms with E-state index in [-0.39, 0.29) is 0 Å². The smallest absolute Gasteiger partial charge is 0.148 e. The molecule has 0 amide bonds. The third-order valence-electron chi connectivity index (χ3n) is 2.93. The Morgan fingerprint density at radius 1 is 1.19 bits per heavy atom. The second-order valence-corrected chi connectivity index (χ2v) is 5.85. The lowest BCUT2D eigenvalue weighted by molar-refractivity contribution is 0.412. The number of hydrogen-bond donors (Lipinski definition) is 3. The molecule has 1 aromatic carbocycles. The van der Waals surface area contributed by atoms with Gasteiger partial charge in [-0.25, -0.2) is 15.8 Å². The van der Waals surface area contributed by atoms with Crippen molar-refractivity contribution in [1.82, 2.24) is 9.97 Å². The molecule has 0 radical (unpaired) electrons. The van der Waals surface area contributed by atoms with Crippen LogP contribution in [0.4, 0.5) is 17.3 Å². The number of nitrogens with zero attached hydrogens (tertiary/aromatic N) is 2. The van der Waals surface area contributed by atoms with Gasteiger partial charge in [-0.1, -0.05) is 6.92 Å². The predicted molar refractivity (Wildman–Crippen MR) is 90.9 cm³/mol. The summed E-state index contributed by atoms with van der Waals surface area (Å²) in [5.41, 5.74) is 4.33. The second kappa shape index (κ2) is 7.06. The quantitative estimate of drug-likeness (QED) is 0.510. The van der Waals surface area contributed by atoms with Gasteiger partial charge in [-0.05, 0) is 44.3 Å². The summed E-state index contributed by atoms with van der Waals surface area (Å²) in [6.07, 6.45) is 2.20. The van der Waals surface area contributed by atoms with E-state index in [2.05, 4.69) is 52.6 Å². The zero-order valence-electron chi connectivity index (χ0n) is 11.6. The van der Waals surface area contributed by atoms with Crippen molar-refractivity contribution in [2.45, 2.75) is 13.3 Å². The van der Waals surface area contributed by atoms with Crippen LogP contribution < -0.4 is 21.3 Å². The zero-order valence-corrected chi connectivity index (χ0v) is 14.7. The summed E-state index contributed by atoms with van der Waals surface area (Å²) >= 11 is 6.96. The van der Waals surface area contributed by atoms with Gasteiger partial charge in [0.25, 0.3) is 0 Å². The number of hydrogen-bond acceptors (Lipinski definition) is 6. The van der Waals surface area contributed by atoms with E-state index < -0.39 is 0 Å². The first kappa shape index (κ1) is 16.0. The van der Waals surface area contributed by atoms with Gasteiger partial charge in [-0.15, -0.1) is 0 Å². The maximum atomic E-state index is 5.48. The maximum Gasteiger partial charge on any atom is 0.148 e. The molecule has 1 aromatic heterocycles. The van der Waals surface area contributed by atoms with Crippen LogP contribution >= 0.6 is 31.9 Å². The number of benzene rings is 1. The Morgan fingerprint density at radius 2 is 1.90 bits per heavy atom. The van der Waals surface area contributed by atoms with Crippen molar-refractivity contribution in [1.29, 1.82) is 0 Å². The summed E-state index contributed by atoms with van der Waals surface area (Å²) < 4.78 is 7.06. The van der Waals surface area contributed by atoms with Crippen LogP contribution in [0.2, 0.25) is 0 Å². The molecule has 112 valence electrons. The summed E-state index contributed by atoms with van der Waals surface area (Å²) in [5.74, 6) is 7.51. The van der Waals surface area contributed by atoms with Crippen molar-refractivity contribution in [3.05, 3.63) is 33.0 Å². The Bertz CT molecular complexity index is 651. The molecule has 0 saturated carbocycles. The highest BCUT2D eigenvalue weighted by Crippen LogP contribution is 2.36. The fourth-order valence-corrected chi connectivity index (χ4v) is 3.14. The number of nitrogen functional groups attached to an aromatic ring is 1. The van der Waals surface area contributed by atoms with Crippen LogP contribution in [0.1, 0.15) is 12.5 Å². The van der Waals surface area contributed by atoms with Gasteiger partial charge in [0.15, 0.2) is 0 Å². The second-order valence-electron chi connectivity index (χ2n) is 4.14. The van der Waals surface area contributed by atoms with E-state index in [9.17, 15) is 0 Å². The number of methoxy groups -OCH3 is 1. The number of hydrazine groups is 1. The topological polar surface area (TPSA) is 85.1 Å². The molecule has 0 aliphatic heterocycles. The van der Waals surface area contributed by atoms with E-state index in [1.807, 2.05) is 19.1 Å². The molecule has 21 heavy (non-hydrogen) atoms. The summed E-state index contributed by atoms with van der Waals surface area (Å²) in [6.45, 7) is 2.02. The number of anilines is 3. The van der Waals surface area contributed by atoms with Crippen molar-refractivity contribution >= 4 is 49.2 Å². The average Bonchev–Trinajstić information content (AvgIpc) is 2.49. The fraction of sp³-hybridized carbons (Fsp3) is 0.231. The van der Waals surface area contributed by atoms with Gasteiger partial charge >= 0.3 is 0 Å². The van der Waals surface area contributed by atoms with Crippen molar-refractivity contribution < 1.29 is 4.74 Å². The van der Waals surface area contributed by atoms with E-state index in [4.69, 9.17) is 10.6 Å². The third-order valence-corrected chi connectivity index (χ3v) is 4.21. The van der Waals surface area contributed by atoms with Crippen LogP contribution in [0.3, 0.4) is 0 Å². The minimum Gasteiger partial charge on any atom is -0.495 e. The van der Waals surface area contributed by atoms with Crippen LogP contribution in [0.15, 0.2) is 27.4 Å². The minimum atomic E-state index is 0.607. The molecule has 0 unspecified atom stereocenters. The lowest BCUT2D eigenvalue weighted by Crippen LogP contribution is -2.13. The first-order valence-corrected chi connectivity index (χ1v) is 7.79. The van der Waals surface area contributed by atoms with E-state index in [0.29, 0.717) is 11.6 Å². The monoisotopic (exact) mass is 415 g/mol. The standard InChI is InChI=1S/C13H15Br2N5O/c1-3-7-12(17-6-18-13(7)20-16)19-10-5-11(21-2)9(15)4-8(10)14/h4-6H,3,16H2,1-2H3,(H2,17,18,19,20). The van der Waals surface area contributed by atoms with Crippen molar-refractivity contribution in [2.75, 3.05) is 17.9 Å². The molecule has 0 saturated heterocycles. The maximum absolute atomic E-state index is 5.48. The zero-order chi connectivity index (χ0) is 15.4. The Labute approximate surface area is 139 Å². The number of halogens is 2. The highest BCUT2D eigenvalue weighted by molar-refractivity contribution is 9.11. The Kier molecular flexibility index (Phi) is 5.38. The van der Waals surface area contributed by atoms with Crippen LogP contribution in [0, 0.1) is 0 Å². The molecular weight excluding hydrogens is 402 g/mol. The molecule has 0 aliphatic carbocycles. The molecule has 4 N–H and O–H groups in total. The molecule has 6 nitrogen and oxygen atoms in total. The number of nitrogens with two attached hydrogens (primary N) is 1. The number of rotatable bonds is 5. The van der Waals surface area contributed by atoms with Gasteiger partial charge in [0.2, 0.25) is 0 Å². The van der Waals surface area contributed by atoms with E-state index in [1.165, 1.54) is 6.33 Å². The Hall–Kier alpha value is -1.38. The van der Waals surface area contributed by atoms with Crippen LogP contribution in [0.25, 0.3) is 0 Å². The van der Waals surface area contributed by atoms with Crippen molar-refractivity contribution in [3.8, 4) is 5.75 Å². The van der Waals surface area contributed by atoms with E-state index in [1.54, 1.807) is 7.11 Å². The Balaban J connectivity index is 2.43. The summed E-state index contributed by atoms with van der Waals surface area (Å²) in [6, 6.07) is 3.79. The van der Waals surface area contributed by atoms with Crippen molar-refractivity contribution in [2.24, 2.45) is 5.84 Å². The molecule has 0 aliphatic rings. The normalized spacial score (nSPS) is 10.3. The number of nitrogens with one attached hydrogen (secondary N) is 2. The summed E-state index contributed by atoms with van der Waals surface area (Å²) in [5, 5.41) is 3.27. The molecule has 8 heteroatoms. The van der Waals surface area contributed by atoms with Gasteiger partial charge < -0.3 is 15.5 Å². The van der Waals surface area contributed by atoms with E-state index in [0.717, 1.165) is 32.4 Å². The average molecular weight is 417 g/mol. The van der Waals surface area contributed by atoms with Gasteiger partial charge in [0.1, 0.15) is 23.7 Å². The van der Waals surface area contributed by atoms with Crippen molar-refractivity contribution in [3.63, 3.8) is 0 Å². The molecule has 0 atom stereocenters. The lowest BCUT2D eigenvalue weighted by Gasteiger charge is -2.15. The predicted octanol–water partition coefficient (Wildman–Crippen LogP) is 3.60. The first-order chi connectivity index (χ1) is 10.1. The van der Waals surface area contributed by atoms with Gasteiger partial charge in [-0.2, -0.15) is 0 Å². The highest BCUT2D eigenvalue weighted by Gasteiger charge is 2.12. The van der Waals surface area contributed by atoms with E-state index >= 15 is 0 Å². The molecule has 0 bridgehead atoms. The molecule has 0 spiro atoms. The summed E-state index contributed by atoms with van der Waals surface area (Å²) in [4.78, 5) is 8.39. The Morgan fingerprint density at radius 3 is 2.52 bits per heavy atom. The lowest BCUT2D eigenvalue weighted by atomic mass is 10.2. The third kappa shape index (κ3) is 3.45. The largest absolute Gasteiger partial charge is 0.495 e. The van der Waals surface area contributed by atoms with Crippen LogP contribution in [-0.4, -0.2) is 17.1 Å². The summed E-state index contributed by atoms with van der Waals surface area (Å²) in [7, 11) is 1.62. The van der Waals surface area contributed by atoms with Gasteiger partial charge in [-0.3, -0.25) is 0 Å². The van der Waals surface area contributed by atoms with Gasteiger partial charge in [0.05, 0.1) is 17.3 Å². The molecule has 2 rings (SSSR count). The SMILES string of the molecule is CCc1c(NN)ncnc1Nc1cc(OC)c(Br)cc1Br. The van der Waals surface area contributed by atoms with Crippen LogP contribution in [-0.2, 0) is 6.42 Å². The molecule has 1 heterocycles. The minimum absolute atomic E-state index is 0.607. The molecule has 0 fully saturated rings. The van der Waals surface area contributed by atoms with Gasteiger partial charge in [0, 0.05) is 16.1 Å². The molecular formula is C13H15Br2N5O.